The molecule has 0 aromatic heterocycles. The summed E-state index contributed by atoms with van der Waals surface area (Å²) in [6.07, 6.45) is 2.06. The Morgan fingerprint density at radius 2 is 1.00 bits per heavy atom. The predicted molar refractivity (Wildman–Crippen MR) is 230 cm³/mol. The van der Waals surface area contributed by atoms with Gasteiger partial charge in [-0.1, -0.05) is 92.0 Å². The first kappa shape index (κ1) is 43.3. The largest absolute Gasteiger partial charge is 0.488 e. The highest BCUT2D eigenvalue weighted by atomic mass is 16.5. The van der Waals surface area contributed by atoms with Crippen LogP contribution in [0.1, 0.15) is 122 Å². The van der Waals surface area contributed by atoms with Crippen molar-refractivity contribution in [2.75, 3.05) is 13.2 Å². The highest BCUT2D eigenvalue weighted by Crippen LogP contribution is 2.56. The Morgan fingerprint density at radius 3 is 1.42 bits per heavy atom. The van der Waals surface area contributed by atoms with Crippen LogP contribution >= 0.6 is 0 Å². The van der Waals surface area contributed by atoms with Gasteiger partial charge in [-0.2, -0.15) is 0 Å². The molecule has 1 aliphatic rings. The molecule has 0 bridgehead atoms. The smallest absolute Gasteiger partial charge is 0.189 e. The highest BCUT2D eigenvalue weighted by Gasteiger charge is 2.47. The van der Waals surface area contributed by atoms with E-state index in [2.05, 4.69) is 116 Å². The van der Waals surface area contributed by atoms with E-state index in [1.807, 2.05) is 27.7 Å². The number of carbonyl (C=O) groups is 2. The van der Waals surface area contributed by atoms with Crippen molar-refractivity contribution in [2.24, 2.45) is 0 Å². The van der Waals surface area contributed by atoms with Gasteiger partial charge in [0.05, 0.1) is 13.2 Å². The lowest BCUT2D eigenvalue weighted by Gasteiger charge is -2.34. The maximum absolute atomic E-state index is 12.5. The molecule has 0 spiro atoms. The zero-order chi connectivity index (χ0) is 41.8. The molecule has 0 heterocycles. The van der Waals surface area contributed by atoms with Gasteiger partial charge in [-0.15, -0.1) is 0 Å². The molecule has 1 aliphatic carbocycles. The lowest BCUT2D eigenvalue weighted by Crippen LogP contribution is -2.38. The summed E-state index contributed by atoms with van der Waals surface area (Å²) in [6, 6.07) is 36.7. The molecule has 0 saturated carbocycles. The maximum atomic E-state index is 12.5. The van der Waals surface area contributed by atoms with Crippen molar-refractivity contribution in [1.82, 2.24) is 0 Å². The highest BCUT2D eigenvalue weighted by molar-refractivity contribution is 6.00. The number of fused-ring (bicyclic) bond motifs is 1. The molecule has 0 fully saturated rings. The van der Waals surface area contributed by atoms with Gasteiger partial charge >= 0.3 is 0 Å². The van der Waals surface area contributed by atoms with Crippen LogP contribution in [0.4, 0.5) is 0 Å². The van der Waals surface area contributed by atoms with E-state index in [4.69, 9.17) is 18.9 Å². The molecule has 6 nitrogen and oxygen atoms in total. The molecule has 0 saturated heterocycles. The Morgan fingerprint density at radius 1 is 0.596 bits per heavy atom. The molecule has 0 radical (unpaired) electrons. The van der Waals surface area contributed by atoms with E-state index in [1.54, 1.807) is 41.5 Å². The number of hydrogen-bond donors (Lipinski definition) is 0. The van der Waals surface area contributed by atoms with Crippen LogP contribution in [-0.2, 0) is 24.5 Å². The van der Waals surface area contributed by atoms with Crippen LogP contribution in [0.25, 0.3) is 0 Å². The molecule has 57 heavy (non-hydrogen) atoms. The minimum atomic E-state index is -0.937. The molecule has 0 amide bonds. The standard InChI is InChI=1S/C51H62O6/c1-35(2)45(52)49(9,10)54-32-30-47(5,6)56-40-26-22-38(23-27-40)51(34-43(37-18-14-13-15-19-37)42-20-16-17-21-44(42)51)39-24-28-41(29-25-39)57-48(7,8)31-33-55-50(11,12)46(53)36(3)4/h13-29,43H,1,3,30-34H2,2,4-12H3. The molecule has 4 aromatic carbocycles. The average molecular weight is 771 g/mol. The van der Waals surface area contributed by atoms with Crippen LogP contribution in [-0.4, -0.2) is 47.2 Å². The summed E-state index contributed by atoms with van der Waals surface area (Å²) < 4.78 is 25.1. The van der Waals surface area contributed by atoms with Gasteiger partial charge in [-0.05, 0) is 139 Å². The third-order valence-electron chi connectivity index (χ3n) is 11.2. The number of rotatable bonds is 19. The van der Waals surface area contributed by atoms with Crippen LogP contribution in [0.15, 0.2) is 127 Å². The summed E-state index contributed by atoms with van der Waals surface area (Å²) in [5.41, 5.74) is 3.85. The second kappa shape index (κ2) is 17.0. The molecular weight excluding hydrogens is 709 g/mol. The Bertz CT molecular complexity index is 1950. The van der Waals surface area contributed by atoms with E-state index in [1.165, 1.54) is 27.8 Å². The minimum absolute atomic E-state index is 0.0979. The number of Topliss-reactive ketones (excluding diaryl/α,β-unsaturated/α-hetero) is 2. The van der Waals surface area contributed by atoms with Crippen LogP contribution in [0.2, 0.25) is 0 Å². The quantitative estimate of drug-likeness (QED) is 0.0884. The predicted octanol–water partition coefficient (Wildman–Crippen LogP) is 11.5. The van der Waals surface area contributed by atoms with Crippen molar-refractivity contribution < 1.29 is 28.5 Å². The van der Waals surface area contributed by atoms with Gasteiger partial charge in [-0.25, -0.2) is 0 Å². The zero-order valence-corrected chi connectivity index (χ0v) is 35.8. The molecule has 5 rings (SSSR count). The van der Waals surface area contributed by atoms with Gasteiger partial charge in [0.25, 0.3) is 0 Å². The topological polar surface area (TPSA) is 71.1 Å². The molecule has 0 N–H and O–H groups in total. The Labute approximate surface area is 341 Å². The van der Waals surface area contributed by atoms with E-state index in [0.29, 0.717) is 37.2 Å². The van der Waals surface area contributed by atoms with Crippen molar-refractivity contribution in [3.63, 3.8) is 0 Å². The first-order chi connectivity index (χ1) is 26.7. The molecule has 6 heteroatoms. The summed E-state index contributed by atoms with van der Waals surface area (Å²) in [4.78, 5) is 25.1. The normalized spacial score (nSPS) is 15.4. The number of ketones is 2. The summed E-state index contributed by atoms with van der Waals surface area (Å²) in [7, 11) is 0. The lowest BCUT2D eigenvalue weighted by molar-refractivity contribution is -0.137. The van der Waals surface area contributed by atoms with Crippen molar-refractivity contribution in [3.8, 4) is 11.5 Å². The monoisotopic (exact) mass is 770 g/mol. The summed E-state index contributed by atoms with van der Waals surface area (Å²) >= 11 is 0. The Hall–Kier alpha value is -4.78. The van der Waals surface area contributed by atoms with E-state index >= 15 is 0 Å². The first-order valence-electron chi connectivity index (χ1n) is 20.1. The second-order valence-corrected chi connectivity index (χ2v) is 17.9. The molecule has 1 unspecified atom stereocenters. The van der Waals surface area contributed by atoms with Crippen LogP contribution in [0, 0.1) is 0 Å². The minimum Gasteiger partial charge on any atom is -0.488 e. The summed E-state index contributed by atoms with van der Waals surface area (Å²) in [5.74, 6) is 1.54. The molecular formula is C51H62O6. The van der Waals surface area contributed by atoms with Crippen LogP contribution in [0.3, 0.4) is 0 Å². The van der Waals surface area contributed by atoms with Gasteiger partial charge < -0.3 is 18.9 Å². The first-order valence-corrected chi connectivity index (χ1v) is 20.1. The van der Waals surface area contributed by atoms with E-state index in [9.17, 15) is 9.59 Å². The Balaban J connectivity index is 1.41. The van der Waals surface area contributed by atoms with Crippen molar-refractivity contribution in [3.05, 3.63) is 155 Å². The fourth-order valence-corrected chi connectivity index (χ4v) is 8.03. The van der Waals surface area contributed by atoms with Gasteiger partial charge in [0.2, 0.25) is 0 Å². The molecule has 302 valence electrons. The fraction of sp³-hybridized carbons (Fsp3) is 0.412. The van der Waals surface area contributed by atoms with E-state index in [0.717, 1.165) is 17.9 Å². The number of ether oxygens (including phenoxy) is 4. The summed E-state index contributed by atoms with van der Waals surface area (Å²) in [6.45, 7) is 27.1. The van der Waals surface area contributed by atoms with Gasteiger partial charge in [0, 0.05) is 24.2 Å². The molecule has 0 aliphatic heterocycles. The third-order valence-corrected chi connectivity index (χ3v) is 11.2. The van der Waals surface area contributed by atoms with E-state index < -0.39 is 27.8 Å². The number of benzene rings is 4. The fourth-order valence-electron chi connectivity index (χ4n) is 8.03. The van der Waals surface area contributed by atoms with Gasteiger partial charge in [-0.3, -0.25) is 9.59 Å². The molecule has 1 atom stereocenters. The number of hydrogen-bond acceptors (Lipinski definition) is 6. The Kier molecular flexibility index (Phi) is 12.9. The second-order valence-electron chi connectivity index (χ2n) is 17.9. The third kappa shape index (κ3) is 10.0. The lowest BCUT2D eigenvalue weighted by atomic mass is 9.69. The SMILES string of the molecule is C=C(C)C(=O)C(C)(C)OCCC(C)(C)Oc1ccc(C2(c3ccc(OC(C)(C)CCOC(C)(C)C(=O)C(=C)C)cc3)CC(c3ccccc3)c3ccccc32)cc1. The van der Waals surface area contributed by atoms with Crippen LogP contribution in [0.5, 0.6) is 11.5 Å². The average Bonchev–Trinajstić information content (AvgIpc) is 3.50. The maximum Gasteiger partial charge on any atom is 0.189 e. The summed E-state index contributed by atoms with van der Waals surface area (Å²) in [5, 5.41) is 0. The van der Waals surface area contributed by atoms with Crippen molar-refractivity contribution in [1.29, 1.82) is 0 Å². The number of carbonyl (C=O) groups excluding carboxylic acids is 2. The zero-order valence-electron chi connectivity index (χ0n) is 35.8. The van der Waals surface area contributed by atoms with Gasteiger partial charge in [0.15, 0.2) is 11.6 Å². The van der Waals surface area contributed by atoms with Gasteiger partial charge in [0.1, 0.15) is 33.9 Å². The van der Waals surface area contributed by atoms with E-state index in [-0.39, 0.29) is 17.5 Å². The van der Waals surface area contributed by atoms with Crippen molar-refractivity contribution >= 4 is 11.6 Å². The van der Waals surface area contributed by atoms with Crippen LogP contribution < -0.4 is 9.47 Å². The van der Waals surface area contributed by atoms with Crippen molar-refractivity contribution in [2.45, 2.75) is 122 Å². The molecule has 4 aromatic rings.